The van der Waals surface area contributed by atoms with E-state index < -0.39 is 12.1 Å². The Morgan fingerprint density at radius 3 is 1.33 bits per heavy atom. The van der Waals surface area contributed by atoms with Crippen LogP contribution >= 0.6 is 0 Å². The van der Waals surface area contributed by atoms with E-state index in [0.717, 1.165) is 10.0 Å². The van der Waals surface area contributed by atoms with Crippen LogP contribution in [0.1, 0.15) is 0 Å². The molecule has 2 aromatic rings. The molecule has 0 unspecified atom stereocenters. The van der Waals surface area contributed by atoms with Gasteiger partial charge in [-0.2, -0.15) is 0 Å². The number of hydrogen-bond acceptors (Lipinski definition) is 6. The highest BCUT2D eigenvalue weighted by Gasteiger charge is 2.15. The maximum atomic E-state index is 11.2. The van der Waals surface area contributed by atoms with Gasteiger partial charge in [-0.05, 0) is 35.4 Å². The van der Waals surface area contributed by atoms with Crippen LogP contribution in [-0.2, 0) is 0 Å². The van der Waals surface area contributed by atoms with Gasteiger partial charge in [0.05, 0.1) is 22.7 Å². The molecule has 24 heavy (non-hydrogen) atoms. The maximum absolute atomic E-state index is 11.2. The van der Waals surface area contributed by atoms with Crippen LogP contribution in [0.2, 0.25) is 0 Å². The van der Waals surface area contributed by atoms with E-state index in [9.17, 15) is 9.59 Å². The topological polar surface area (TPSA) is 197 Å². The van der Waals surface area contributed by atoms with Crippen molar-refractivity contribution >= 4 is 34.8 Å². The smallest absolute Gasteiger partial charge is 0.333 e. The minimum atomic E-state index is -0.862. The summed E-state index contributed by atoms with van der Waals surface area (Å²) in [6.07, 6.45) is 0. The van der Waals surface area contributed by atoms with Gasteiger partial charge in [0.15, 0.2) is 0 Å². The SMILES string of the molecule is NC(=O)N(N)c1cc(-c2ccc(N)c(N(N)C(N)=O)c2)ccc1N. The van der Waals surface area contributed by atoms with Crippen molar-refractivity contribution in [3.8, 4) is 11.1 Å². The van der Waals surface area contributed by atoms with Gasteiger partial charge in [-0.3, -0.25) is 0 Å². The highest BCUT2D eigenvalue weighted by Crippen LogP contribution is 2.32. The lowest BCUT2D eigenvalue weighted by Crippen LogP contribution is -2.42. The van der Waals surface area contributed by atoms with E-state index in [-0.39, 0.29) is 22.7 Å². The lowest BCUT2D eigenvalue weighted by Gasteiger charge is -2.19. The Labute approximate surface area is 137 Å². The highest BCUT2D eigenvalue weighted by atomic mass is 16.2. The van der Waals surface area contributed by atoms with Crippen molar-refractivity contribution in [2.45, 2.75) is 0 Å². The number of rotatable bonds is 3. The van der Waals surface area contributed by atoms with E-state index >= 15 is 0 Å². The van der Waals surface area contributed by atoms with Crippen molar-refractivity contribution in [3.05, 3.63) is 36.4 Å². The number of amides is 4. The molecule has 0 aliphatic rings. The molecule has 0 radical (unpaired) electrons. The molecule has 2 aromatic carbocycles. The summed E-state index contributed by atoms with van der Waals surface area (Å²) in [5.41, 5.74) is 24.2. The van der Waals surface area contributed by atoms with E-state index in [2.05, 4.69) is 0 Å². The largest absolute Gasteiger partial charge is 0.397 e. The third kappa shape index (κ3) is 3.14. The molecular weight excluding hydrogens is 312 g/mol. The molecule has 0 fully saturated rings. The van der Waals surface area contributed by atoms with Gasteiger partial charge >= 0.3 is 12.1 Å². The molecule has 2 rings (SSSR count). The molecule has 0 aromatic heterocycles. The number of nitrogens with zero attached hydrogens (tertiary/aromatic N) is 2. The molecule has 4 amide bonds. The van der Waals surface area contributed by atoms with E-state index in [1.807, 2.05) is 0 Å². The average molecular weight is 330 g/mol. The number of carbonyl (C=O) groups is 2. The summed E-state index contributed by atoms with van der Waals surface area (Å²) in [5.74, 6) is 11.2. The predicted molar refractivity (Wildman–Crippen MR) is 93.2 cm³/mol. The minimum absolute atomic E-state index is 0.234. The Hall–Kier alpha value is -3.50. The van der Waals surface area contributed by atoms with Gasteiger partial charge in [0.1, 0.15) is 0 Å². The third-order valence-electron chi connectivity index (χ3n) is 3.39. The van der Waals surface area contributed by atoms with Crippen LogP contribution in [0.5, 0.6) is 0 Å². The van der Waals surface area contributed by atoms with Crippen molar-refractivity contribution < 1.29 is 9.59 Å². The third-order valence-corrected chi connectivity index (χ3v) is 3.39. The summed E-state index contributed by atoms with van der Waals surface area (Å²) in [6.45, 7) is 0. The molecule has 10 nitrogen and oxygen atoms in total. The first-order valence-corrected chi connectivity index (χ1v) is 6.70. The Bertz CT molecular complexity index is 740. The van der Waals surface area contributed by atoms with Gasteiger partial charge in [0.2, 0.25) is 0 Å². The summed E-state index contributed by atoms with van der Waals surface area (Å²) < 4.78 is 0. The molecule has 0 atom stereocenters. The number of urea groups is 2. The molecular formula is C14H18N8O2. The summed E-state index contributed by atoms with van der Waals surface area (Å²) in [7, 11) is 0. The van der Waals surface area contributed by atoms with Crippen LogP contribution in [0, 0.1) is 0 Å². The van der Waals surface area contributed by atoms with Crippen LogP contribution < -0.4 is 44.6 Å². The van der Waals surface area contributed by atoms with E-state index in [1.165, 1.54) is 0 Å². The molecule has 0 saturated carbocycles. The van der Waals surface area contributed by atoms with E-state index in [4.69, 9.17) is 34.6 Å². The second-order valence-corrected chi connectivity index (χ2v) is 4.96. The molecule has 0 heterocycles. The van der Waals surface area contributed by atoms with Crippen LogP contribution in [0.3, 0.4) is 0 Å². The Balaban J connectivity index is 2.53. The summed E-state index contributed by atoms with van der Waals surface area (Å²) in [6, 6.07) is 7.95. The fourth-order valence-corrected chi connectivity index (χ4v) is 2.10. The quantitative estimate of drug-likeness (QED) is 0.198. The molecule has 10 heteroatoms. The summed E-state index contributed by atoms with van der Waals surface area (Å²) in [5, 5.41) is 1.46. The standard InChI is InChI=1S/C14H18N8O2/c15-9-3-1-7(5-11(9)21(19)13(17)23)8-2-4-10(16)12(6-8)22(20)14(18)24/h1-6H,15-16,19-20H2,(H2,17,23)(H2,18,24). The zero-order valence-electron chi connectivity index (χ0n) is 12.6. The van der Waals surface area contributed by atoms with Gasteiger partial charge in [0, 0.05) is 0 Å². The molecule has 0 saturated heterocycles. The Morgan fingerprint density at radius 2 is 1.04 bits per heavy atom. The minimum Gasteiger partial charge on any atom is -0.397 e. The first-order chi connectivity index (χ1) is 11.2. The summed E-state index contributed by atoms with van der Waals surface area (Å²) in [4.78, 5) is 22.5. The fourth-order valence-electron chi connectivity index (χ4n) is 2.10. The Kier molecular flexibility index (Phi) is 4.44. The number of hydrogen-bond donors (Lipinski definition) is 6. The normalized spacial score (nSPS) is 10.2. The average Bonchev–Trinajstić information content (AvgIpc) is 2.54. The highest BCUT2D eigenvalue weighted by molar-refractivity contribution is 5.96. The number of carbonyl (C=O) groups excluding carboxylic acids is 2. The number of anilines is 4. The zero-order chi connectivity index (χ0) is 18.0. The number of nitrogens with two attached hydrogens (primary N) is 6. The maximum Gasteiger partial charge on any atom is 0.333 e. The summed E-state index contributed by atoms with van der Waals surface area (Å²) >= 11 is 0. The van der Waals surface area contributed by atoms with Crippen molar-refractivity contribution in [2.75, 3.05) is 21.5 Å². The van der Waals surface area contributed by atoms with Gasteiger partial charge in [-0.25, -0.2) is 31.3 Å². The van der Waals surface area contributed by atoms with Gasteiger partial charge in [-0.15, -0.1) is 0 Å². The van der Waals surface area contributed by atoms with Gasteiger partial charge in [0.25, 0.3) is 0 Å². The Morgan fingerprint density at radius 1 is 0.708 bits per heavy atom. The van der Waals surface area contributed by atoms with Gasteiger partial charge < -0.3 is 22.9 Å². The van der Waals surface area contributed by atoms with Crippen LogP contribution in [0.4, 0.5) is 32.3 Å². The van der Waals surface area contributed by atoms with E-state index in [0.29, 0.717) is 11.1 Å². The molecule has 0 aliphatic carbocycles. The molecule has 12 N–H and O–H groups in total. The van der Waals surface area contributed by atoms with Crippen LogP contribution in [-0.4, -0.2) is 12.1 Å². The molecule has 126 valence electrons. The number of benzene rings is 2. The molecule has 0 spiro atoms. The first kappa shape index (κ1) is 16.9. The predicted octanol–water partition coefficient (Wildman–Crippen LogP) is 0.0356. The number of hydrazine groups is 2. The van der Waals surface area contributed by atoms with Crippen molar-refractivity contribution in [1.29, 1.82) is 0 Å². The van der Waals surface area contributed by atoms with E-state index in [1.54, 1.807) is 36.4 Å². The number of nitrogen functional groups attached to an aromatic ring is 2. The van der Waals surface area contributed by atoms with Crippen LogP contribution in [0.15, 0.2) is 36.4 Å². The number of primary amides is 2. The van der Waals surface area contributed by atoms with Crippen molar-refractivity contribution in [3.63, 3.8) is 0 Å². The monoisotopic (exact) mass is 330 g/mol. The molecule has 0 bridgehead atoms. The lowest BCUT2D eigenvalue weighted by molar-refractivity contribution is 0.253. The second kappa shape index (κ2) is 6.32. The zero-order valence-corrected chi connectivity index (χ0v) is 12.6. The van der Waals surface area contributed by atoms with Crippen molar-refractivity contribution in [2.24, 2.45) is 23.2 Å². The first-order valence-electron chi connectivity index (χ1n) is 6.70. The second-order valence-electron chi connectivity index (χ2n) is 4.96. The molecule has 0 aliphatic heterocycles. The fraction of sp³-hybridized carbons (Fsp3) is 0. The van der Waals surface area contributed by atoms with Crippen LogP contribution in [0.25, 0.3) is 11.1 Å². The lowest BCUT2D eigenvalue weighted by atomic mass is 10.0. The van der Waals surface area contributed by atoms with Crippen molar-refractivity contribution in [1.82, 2.24) is 0 Å². The van der Waals surface area contributed by atoms with Gasteiger partial charge in [-0.1, -0.05) is 12.1 Å².